The minimum absolute atomic E-state index is 0.207. The van der Waals surface area contributed by atoms with Gasteiger partial charge in [0.05, 0.1) is 0 Å². The lowest BCUT2D eigenvalue weighted by molar-refractivity contribution is -0.123. The molecule has 0 saturated carbocycles. The minimum Gasteiger partial charge on any atom is -0.483 e. The number of aromatic nitrogens is 1. The molecule has 0 saturated heterocycles. The van der Waals surface area contributed by atoms with Gasteiger partial charge in [0.2, 0.25) is 0 Å². The molecule has 0 bridgehead atoms. The molecule has 1 aromatic heterocycles. The minimum atomic E-state index is -0.502. The molecule has 0 aliphatic rings. The van der Waals surface area contributed by atoms with Crippen molar-refractivity contribution in [2.45, 2.75) is 13.8 Å². The summed E-state index contributed by atoms with van der Waals surface area (Å²) >= 11 is 5.94. The second kappa shape index (κ2) is 7.60. The van der Waals surface area contributed by atoms with Gasteiger partial charge in [-0.15, -0.1) is 0 Å². The van der Waals surface area contributed by atoms with Crippen molar-refractivity contribution in [2.24, 2.45) is 0 Å². The van der Waals surface area contributed by atoms with E-state index in [2.05, 4.69) is 15.8 Å². The van der Waals surface area contributed by atoms with E-state index in [9.17, 15) is 9.59 Å². The van der Waals surface area contributed by atoms with Gasteiger partial charge in [0.15, 0.2) is 6.61 Å². The third-order valence-electron chi connectivity index (χ3n) is 2.99. The maximum Gasteiger partial charge on any atom is 0.288 e. The average Bonchev–Trinajstić information content (AvgIpc) is 2.52. The van der Waals surface area contributed by atoms with Crippen molar-refractivity contribution in [1.29, 1.82) is 0 Å². The fraction of sp³-hybridized carbons (Fsp3) is 0.188. The predicted molar refractivity (Wildman–Crippen MR) is 86.3 cm³/mol. The molecule has 0 aliphatic carbocycles. The Labute approximate surface area is 138 Å². The lowest BCUT2D eigenvalue weighted by Crippen LogP contribution is -2.44. The summed E-state index contributed by atoms with van der Waals surface area (Å²) in [4.78, 5) is 27.3. The molecular weight excluding hydrogens is 318 g/mol. The molecule has 0 radical (unpaired) electrons. The Bertz CT molecular complexity index is 697. The SMILES string of the molecule is Cc1cc(Cl)cc(C)c1OCC(=O)NNC(=O)c1ccccn1. The van der Waals surface area contributed by atoms with Crippen molar-refractivity contribution in [3.63, 3.8) is 0 Å². The summed E-state index contributed by atoms with van der Waals surface area (Å²) in [5.41, 5.74) is 6.42. The molecule has 0 unspecified atom stereocenters. The van der Waals surface area contributed by atoms with E-state index in [4.69, 9.17) is 16.3 Å². The van der Waals surface area contributed by atoms with Gasteiger partial charge < -0.3 is 4.74 Å². The lowest BCUT2D eigenvalue weighted by Gasteiger charge is -2.13. The molecule has 0 spiro atoms. The molecule has 23 heavy (non-hydrogen) atoms. The normalized spacial score (nSPS) is 10.0. The molecule has 2 aromatic rings. The molecule has 6 nitrogen and oxygen atoms in total. The van der Waals surface area contributed by atoms with E-state index in [1.54, 1.807) is 30.3 Å². The van der Waals surface area contributed by atoms with Crippen molar-refractivity contribution in [1.82, 2.24) is 15.8 Å². The summed E-state index contributed by atoms with van der Waals surface area (Å²) in [6, 6.07) is 8.42. The van der Waals surface area contributed by atoms with Crippen LogP contribution in [0.5, 0.6) is 5.75 Å². The van der Waals surface area contributed by atoms with Crippen molar-refractivity contribution >= 4 is 23.4 Å². The third-order valence-corrected chi connectivity index (χ3v) is 3.20. The van der Waals surface area contributed by atoms with Gasteiger partial charge in [-0.05, 0) is 49.2 Å². The van der Waals surface area contributed by atoms with Gasteiger partial charge in [0.25, 0.3) is 11.8 Å². The molecule has 1 aromatic carbocycles. The van der Waals surface area contributed by atoms with Crippen molar-refractivity contribution in [3.8, 4) is 5.75 Å². The van der Waals surface area contributed by atoms with E-state index in [1.165, 1.54) is 6.20 Å². The standard InChI is InChI=1S/C16H16ClN3O3/c1-10-7-12(17)8-11(2)15(10)23-9-14(21)19-20-16(22)13-5-3-4-6-18-13/h3-8H,9H2,1-2H3,(H,19,21)(H,20,22). The number of hydrogen-bond acceptors (Lipinski definition) is 4. The Kier molecular flexibility index (Phi) is 5.54. The van der Waals surface area contributed by atoms with Gasteiger partial charge in [0, 0.05) is 11.2 Å². The van der Waals surface area contributed by atoms with E-state index >= 15 is 0 Å². The van der Waals surface area contributed by atoms with Crippen LogP contribution in [0, 0.1) is 13.8 Å². The van der Waals surface area contributed by atoms with Gasteiger partial charge in [0.1, 0.15) is 11.4 Å². The Hall–Kier alpha value is -2.60. The van der Waals surface area contributed by atoms with E-state index in [0.29, 0.717) is 10.8 Å². The first-order valence-corrected chi connectivity index (χ1v) is 7.25. The number of hydrazine groups is 1. The van der Waals surface area contributed by atoms with Crippen LogP contribution < -0.4 is 15.6 Å². The molecule has 0 atom stereocenters. The number of halogens is 1. The van der Waals surface area contributed by atoms with Crippen LogP contribution in [0.2, 0.25) is 5.02 Å². The fourth-order valence-electron chi connectivity index (χ4n) is 1.99. The number of ether oxygens (including phenoxy) is 1. The van der Waals surface area contributed by atoms with Crippen LogP contribution in [0.1, 0.15) is 21.6 Å². The molecule has 2 rings (SSSR count). The first kappa shape index (κ1) is 16.8. The highest BCUT2D eigenvalue weighted by Gasteiger charge is 2.11. The second-order valence-corrected chi connectivity index (χ2v) is 5.31. The van der Waals surface area contributed by atoms with Crippen molar-refractivity contribution < 1.29 is 14.3 Å². The van der Waals surface area contributed by atoms with Gasteiger partial charge in [-0.25, -0.2) is 0 Å². The van der Waals surface area contributed by atoms with Gasteiger partial charge in [-0.1, -0.05) is 17.7 Å². The molecule has 1 heterocycles. The molecule has 2 N–H and O–H groups in total. The number of aryl methyl sites for hydroxylation is 2. The molecule has 2 amide bonds. The average molecular weight is 334 g/mol. The van der Waals surface area contributed by atoms with Gasteiger partial charge in [-0.3, -0.25) is 25.4 Å². The number of benzene rings is 1. The number of hydrogen-bond donors (Lipinski definition) is 2. The number of pyridine rings is 1. The summed E-state index contributed by atoms with van der Waals surface area (Å²) < 4.78 is 5.48. The topological polar surface area (TPSA) is 80.3 Å². The van der Waals surface area contributed by atoms with Crippen LogP contribution in [0.25, 0.3) is 0 Å². The number of carbonyl (C=O) groups excluding carboxylic acids is 2. The summed E-state index contributed by atoms with van der Waals surface area (Å²) in [7, 11) is 0. The molecule has 7 heteroatoms. The van der Waals surface area contributed by atoms with Crippen molar-refractivity contribution in [2.75, 3.05) is 6.61 Å². The number of rotatable bonds is 4. The molecular formula is C16H16ClN3O3. The zero-order valence-electron chi connectivity index (χ0n) is 12.7. The van der Waals surface area contributed by atoms with E-state index in [1.807, 2.05) is 13.8 Å². The molecule has 0 fully saturated rings. The third kappa shape index (κ3) is 4.69. The summed E-state index contributed by atoms with van der Waals surface area (Å²) in [6.45, 7) is 3.45. The molecule has 0 aliphatic heterocycles. The number of amides is 2. The first-order valence-electron chi connectivity index (χ1n) is 6.87. The maximum absolute atomic E-state index is 11.7. The van der Waals surface area contributed by atoms with Crippen LogP contribution in [-0.4, -0.2) is 23.4 Å². The Morgan fingerprint density at radius 3 is 2.48 bits per heavy atom. The van der Waals surface area contributed by atoms with Crippen LogP contribution in [0.3, 0.4) is 0 Å². The smallest absolute Gasteiger partial charge is 0.288 e. The Morgan fingerprint density at radius 1 is 1.17 bits per heavy atom. The summed E-state index contributed by atoms with van der Waals surface area (Å²) in [5, 5.41) is 0.611. The highest BCUT2D eigenvalue weighted by molar-refractivity contribution is 6.30. The Morgan fingerprint density at radius 2 is 1.87 bits per heavy atom. The number of nitrogens with zero attached hydrogens (tertiary/aromatic N) is 1. The Balaban J connectivity index is 1.85. The molecule has 120 valence electrons. The zero-order chi connectivity index (χ0) is 16.8. The largest absolute Gasteiger partial charge is 0.483 e. The van der Waals surface area contributed by atoms with Crippen LogP contribution in [0.15, 0.2) is 36.5 Å². The summed E-state index contributed by atoms with van der Waals surface area (Å²) in [5.74, 6) is -0.388. The van der Waals surface area contributed by atoms with E-state index in [0.717, 1.165) is 11.1 Å². The zero-order valence-corrected chi connectivity index (χ0v) is 13.5. The quantitative estimate of drug-likeness (QED) is 0.840. The highest BCUT2D eigenvalue weighted by atomic mass is 35.5. The maximum atomic E-state index is 11.7. The predicted octanol–water partition coefficient (Wildman–Crippen LogP) is 2.19. The van der Waals surface area contributed by atoms with Gasteiger partial charge in [-0.2, -0.15) is 0 Å². The number of nitrogens with one attached hydrogen (secondary N) is 2. The lowest BCUT2D eigenvalue weighted by atomic mass is 10.1. The van der Waals surface area contributed by atoms with Crippen LogP contribution in [0.4, 0.5) is 0 Å². The van der Waals surface area contributed by atoms with Crippen LogP contribution >= 0.6 is 11.6 Å². The highest BCUT2D eigenvalue weighted by Crippen LogP contribution is 2.26. The van der Waals surface area contributed by atoms with E-state index < -0.39 is 11.8 Å². The monoisotopic (exact) mass is 333 g/mol. The van der Waals surface area contributed by atoms with Crippen LogP contribution in [-0.2, 0) is 4.79 Å². The van der Waals surface area contributed by atoms with E-state index in [-0.39, 0.29) is 12.3 Å². The second-order valence-electron chi connectivity index (χ2n) is 4.87. The fourth-order valence-corrected chi connectivity index (χ4v) is 2.31. The summed E-state index contributed by atoms with van der Waals surface area (Å²) in [6.07, 6.45) is 1.49. The number of carbonyl (C=O) groups is 2. The van der Waals surface area contributed by atoms with Crippen molar-refractivity contribution in [3.05, 3.63) is 58.4 Å². The first-order chi connectivity index (χ1) is 11.0. The van der Waals surface area contributed by atoms with Gasteiger partial charge >= 0.3 is 0 Å².